The summed E-state index contributed by atoms with van der Waals surface area (Å²) in [6, 6.07) is 0. The van der Waals surface area contributed by atoms with Gasteiger partial charge in [0.1, 0.15) is 5.69 Å². The van der Waals surface area contributed by atoms with Crippen molar-refractivity contribution in [1.29, 1.82) is 0 Å². The van der Waals surface area contributed by atoms with Crippen LogP contribution in [0, 0.1) is 0 Å². The fourth-order valence-corrected chi connectivity index (χ4v) is 1.29. The number of carbonyl (C=O) groups excluding carboxylic acids is 1. The summed E-state index contributed by atoms with van der Waals surface area (Å²) >= 11 is 0. The highest BCUT2D eigenvalue weighted by Gasteiger charge is 2.10. The summed E-state index contributed by atoms with van der Waals surface area (Å²) in [5, 5.41) is 0. The first kappa shape index (κ1) is 9.60. The van der Waals surface area contributed by atoms with Crippen molar-refractivity contribution in [3.8, 4) is 5.88 Å². The number of ether oxygens (including phenoxy) is 1. The first-order valence-electron chi connectivity index (χ1n) is 4.36. The Hall–Kier alpha value is -1.95. The predicted octanol–water partition coefficient (Wildman–Crippen LogP) is -0.121. The zero-order valence-corrected chi connectivity index (χ0v) is 8.17. The number of Topliss-reactive ketones (excluding diaryl/α,β-unsaturated/α-hetero) is 1. The molecule has 0 saturated heterocycles. The standard InChI is InChI=1S/C9H10N4O2/c1-15-9-5-13-6(7(14)2-10)3-11-8(13)4-12-9/h3-5H,2,10H2,1H3. The van der Waals surface area contributed by atoms with Gasteiger partial charge in [-0.15, -0.1) is 0 Å². The van der Waals surface area contributed by atoms with E-state index < -0.39 is 0 Å². The molecule has 0 aromatic carbocycles. The van der Waals surface area contributed by atoms with Crippen LogP contribution in [0.4, 0.5) is 0 Å². The predicted molar refractivity (Wildman–Crippen MR) is 52.9 cm³/mol. The SMILES string of the molecule is COc1cn2c(C(=O)CN)cnc2cn1. The normalized spacial score (nSPS) is 10.5. The highest BCUT2D eigenvalue weighted by molar-refractivity contribution is 5.96. The number of ketones is 1. The molecule has 2 heterocycles. The second-order valence-electron chi connectivity index (χ2n) is 2.93. The molecule has 0 atom stereocenters. The van der Waals surface area contributed by atoms with Crippen molar-refractivity contribution in [3.05, 3.63) is 24.3 Å². The van der Waals surface area contributed by atoms with Crippen LogP contribution in [0.1, 0.15) is 10.5 Å². The molecule has 0 amide bonds. The summed E-state index contributed by atoms with van der Waals surface area (Å²) in [5.74, 6) is 0.252. The minimum atomic E-state index is -0.171. The van der Waals surface area contributed by atoms with Crippen LogP contribution in [0.3, 0.4) is 0 Å². The number of hydrogen-bond donors (Lipinski definition) is 1. The van der Waals surface area contributed by atoms with Crippen molar-refractivity contribution in [3.63, 3.8) is 0 Å². The van der Waals surface area contributed by atoms with Gasteiger partial charge in [0.2, 0.25) is 5.88 Å². The number of methoxy groups -OCH3 is 1. The molecule has 2 aromatic heterocycles. The van der Waals surface area contributed by atoms with Crippen molar-refractivity contribution in [2.75, 3.05) is 13.7 Å². The quantitative estimate of drug-likeness (QED) is 0.708. The maximum atomic E-state index is 11.4. The molecule has 0 saturated carbocycles. The number of aromatic nitrogens is 3. The van der Waals surface area contributed by atoms with Gasteiger partial charge < -0.3 is 10.5 Å². The molecule has 6 heteroatoms. The molecule has 0 bridgehead atoms. The molecule has 2 rings (SSSR count). The third-order valence-electron chi connectivity index (χ3n) is 2.05. The number of imidazole rings is 1. The Balaban J connectivity index is 2.61. The molecule has 2 aromatic rings. The summed E-state index contributed by atoms with van der Waals surface area (Å²) in [4.78, 5) is 19.4. The van der Waals surface area contributed by atoms with E-state index in [2.05, 4.69) is 9.97 Å². The molecule has 0 aliphatic rings. The summed E-state index contributed by atoms with van der Waals surface area (Å²) in [5.41, 5.74) is 6.32. The van der Waals surface area contributed by atoms with Gasteiger partial charge in [-0.1, -0.05) is 0 Å². The van der Waals surface area contributed by atoms with Gasteiger partial charge in [-0.05, 0) is 0 Å². The lowest BCUT2D eigenvalue weighted by Gasteiger charge is -2.01. The van der Waals surface area contributed by atoms with Crippen molar-refractivity contribution in [1.82, 2.24) is 14.4 Å². The Morgan fingerprint density at radius 1 is 1.53 bits per heavy atom. The van der Waals surface area contributed by atoms with Crippen LogP contribution in [-0.2, 0) is 0 Å². The second-order valence-corrected chi connectivity index (χ2v) is 2.93. The Morgan fingerprint density at radius 3 is 3.00 bits per heavy atom. The van der Waals surface area contributed by atoms with Gasteiger partial charge in [0, 0.05) is 0 Å². The average molecular weight is 206 g/mol. The Kier molecular flexibility index (Phi) is 2.34. The first-order chi connectivity index (χ1) is 7.26. The molecule has 2 N–H and O–H groups in total. The lowest BCUT2D eigenvalue weighted by molar-refractivity contribution is 0.0996. The number of nitrogens with two attached hydrogens (primary N) is 1. The smallest absolute Gasteiger partial charge is 0.230 e. The monoisotopic (exact) mass is 206 g/mol. The van der Waals surface area contributed by atoms with Crippen LogP contribution in [0.25, 0.3) is 5.65 Å². The van der Waals surface area contributed by atoms with Gasteiger partial charge in [0.05, 0.1) is 32.2 Å². The van der Waals surface area contributed by atoms with E-state index in [1.807, 2.05) is 0 Å². The van der Waals surface area contributed by atoms with E-state index in [1.54, 1.807) is 10.6 Å². The largest absolute Gasteiger partial charge is 0.480 e. The van der Waals surface area contributed by atoms with E-state index in [0.717, 1.165) is 0 Å². The van der Waals surface area contributed by atoms with Crippen molar-refractivity contribution >= 4 is 11.4 Å². The van der Waals surface area contributed by atoms with E-state index in [0.29, 0.717) is 17.2 Å². The molecule has 78 valence electrons. The number of rotatable bonds is 3. The number of hydrogen-bond acceptors (Lipinski definition) is 5. The third kappa shape index (κ3) is 1.55. The van der Waals surface area contributed by atoms with Gasteiger partial charge in [0.25, 0.3) is 0 Å². The van der Waals surface area contributed by atoms with Crippen molar-refractivity contribution < 1.29 is 9.53 Å². The minimum absolute atomic E-state index is 0.0432. The fraction of sp³-hybridized carbons (Fsp3) is 0.222. The maximum absolute atomic E-state index is 11.4. The van der Waals surface area contributed by atoms with Crippen LogP contribution < -0.4 is 10.5 Å². The lowest BCUT2D eigenvalue weighted by Crippen LogP contribution is -2.15. The van der Waals surface area contributed by atoms with E-state index in [1.165, 1.54) is 19.5 Å². The molecule has 0 fully saturated rings. The molecule has 15 heavy (non-hydrogen) atoms. The van der Waals surface area contributed by atoms with E-state index in [4.69, 9.17) is 10.5 Å². The number of nitrogens with zero attached hydrogens (tertiary/aromatic N) is 3. The Labute approximate surface area is 85.7 Å². The fourth-order valence-electron chi connectivity index (χ4n) is 1.29. The molecular weight excluding hydrogens is 196 g/mol. The number of fused-ring (bicyclic) bond motifs is 1. The zero-order chi connectivity index (χ0) is 10.8. The summed E-state index contributed by atoms with van der Waals surface area (Å²) in [6.45, 7) is -0.0432. The summed E-state index contributed by atoms with van der Waals surface area (Å²) < 4.78 is 6.57. The van der Waals surface area contributed by atoms with E-state index >= 15 is 0 Å². The molecular formula is C9H10N4O2. The van der Waals surface area contributed by atoms with E-state index in [-0.39, 0.29) is 12.3 Å². The lowest BCUT2D eigenvalue weighted by atomic mass is 10.3. The van der Waals surface area contributed by atoms with Crippen LogP contribution >= 0.6 is 0 Å². The van der Waals surface area contributed by atoms with Gasteiger partial charge in [0.15, 0.2) is 11.4 Å². The maximum Gasteiger partial charge on any atom is 0.230 e. The van der Waals surface area contributed by atoms with Gasteiger partial charge >= 0.3 is 0 Å². The molecule has 0 radical (unpaired) electrons. The molecule has 0 unspecified atom stereocenters. The molecule has 6 nitrogen and oxygen atoms in total. The Bertz CT molecular complexity index is 506. The van der Waals surface area contributed by atoms with Crippen LogP contribution in [-0.4, -0.2) is 33.8 Å². The highest BCUT2D eigenvalue weighted by atomic mass is 16.5. The van der Waals surface area contributed by atoms with Crippen molar-refractivity contribution in [2.45, 2.75) is 0 Å². The third-order valence-corrected chi connectivity index (χ3v) is 2.05. The van der Waals surface area contributed by atoms with Gasteiger partial charge in [-0.3, -0.25) is 9.20 Å². The van der Waals surface area contributed by atoms with Crippen LogP contribution in [0.5, 0.6) is 5.88 Å². The van der Waals surface area contributed by atoms with Gasteiger partial charge in [-0.2, -0.15) is 0 Å². The number of carbonyl (C=O) groups is 1. The second kappa shape index (κ2) is 3.66. The minimum Gasteiger partial charge on any atom is -0.480 e. The summed E-state index contributed by atoms with van der Waals surface area (Å²) in [7, 11) is 1.51. The molecule has 0 aliphatic heterocycles. The molecule has 0 spiro atoms. The van der Waals surface area contributed by atoms with Crippen LogP contribution in [0.15, 0.2) is 18.6 Å². The van der Waals surface area contributed by atoms with Crippen LogP contribution in [0.2, 0.25) is 0 Å². The Morgan fingerprint density at radius 2 is 2.33 bits per heavy atom. The van der Waals surface area contributed by atoms with E-state index in [9.17, 15) is 4.79 Å². The average Bonchev–Trinajstić information content (AvgIpc) is 2.70. The molecule has 0 aliphatic carbocycles. The summed E-state index contributed by atoms with van der Waals surface area (Å²) in [6.07, 6.45) is 4.61. The first-order valence-corrected chi connectivity index (χ1v) is 4.36. The van der Waals surface area contributed by atoms with Gasteiger partial charge in [-0.25, -0.2) is 9.97 Å². The van der Waals surface area contributed by atoms with Crippen molar-refractivity contribution in [2.24, 2.45) is 5.73 Å². The highest BCUT2D eigenvalue weighted by Crippen LogP contribution is 2.11. The topological polar surface area (TPSA) is 82.5 Å². The zero-order valence-electron chi connectivity index (χ0n) is 8.17.